The van der Waals surface area contributed by atoms with Crippen LogP contribution in [0.4, 0.5) is 5.69 Å². The first kappa shape index (κ1) is 15.0. The van der Waals surface area contributed by atoms with E-state index in [1.54, 1.807) is 24.4 Å². The molecule has 0 amide bonds. The number of nitrogens with one attached hydrogen (secondary N) is 2. The fourth-order valence-corrected chi connectivity index (χ4v) is 3.93. The molecule has 2 rings (SSSR count). The number of nitrogens with zero attached hydrogens (tertiary/aromatic N) is 1. The quantitative estimate of drug-likeness (QED) is 0.859. The van der Waals surface area contributed by atoms with Crippen LogP contribution in [0.25, 0.3) is 0 Å². The van der Waals surface area contributed by atoms with Gasteiger partial charge in [0.1, 0.15) is 4.21 Å². The summed E-state index contributed by atoms with van der Waals surface area (Å²) in [5, 5.41) is 5.03. The van der Waals surface area contributed by atoms with Crippen molar-refractivity contribution in [1.29, 1.82) is 0 Å². The summed E-state index contributed by atoms with van der Waals surface area (Å²) in [7, 11) is -3.52. The average Bonchev–Trinajstić information content (AvgIpc) is 2.85. The lowest BCUT2D eigenvalue weighted by Crippen LogP contribution is -2.12. The van der Waals surface area contributed by atoms with Crippen molar-refractivity contribution in [3.8, 4) is 0 Å². The number of hydrogen-bond donors (Lipinski definition) is 2. The van der Waals surface area contributed by atoms with E-state index in [0.717, 1.165) is 17.8 Å². The second-order valence-corrected chi connectivity index (χ2v) is 7.17. The van der Waals surface area contributed by atoms with Crippen molar-refractivity contribution in [2.45, 2.75) is 24.6 Å². The van der Waals surface area contributed by atoms with Crippen LogP contribution in [0, 0.1) is 6.92 Å². The molecular formula is C13H17N3O2S2. The highest BCUT2D eigenvalue weighted by molar-refractivity contribution is 7.94. The van der Waals surface area contributed by atoms with Gasteiger partial charge in [0, 0.05) is 18.4 Å². The number of pyridine rings is 1. The second kappa shape index (κ2) is 6.34. The van der Waals surface area contributed by atoms with Crippen LogP contribution in [0.1, 0.15) is 18.2 Å². The first-order valence-corrected chi connectivity index (χ1v) is 8.61. The minimum Gasteiger partial charge on any atom is -0.313 e. The molecular weight excluding hydrogens is 294 g/mol. The van der Waals surface area contributed by atoms with Gasteiger partial charge in [-0.25, -0.2) is 8.42 Å². The van der Waals surface area contributed by atoms with E-state index in [9.17, 15) is 8.42 Å². The minimum absolute atomic E-state index is 0.319. The zero-order chi connectivity index (χ0) is 14.6. The zero-order valence-electron chi connectivity index (χ0n) is 11.4. The smallest absolute Gasteiger partial charge is 0.271 e. The van der Waals surface area contributed by atoms with E-state index >= 15 is 0 Å². The van der Waals surface area contributed by atoms with Crippen LogP contribution in [0.5, 0.6) is 0 Å². The van der Waals surface area contributed by atoms with Gasteiger partial charge in [-0.05, 0) is 42.6 Å². The first-order valence-electron chi connectivity index (χ1n) is 6.25. The largest absolute Gasteiger partial charge is 0.313 e. The lowest BCUT2D eigenvalue weighted by molar-refractivity contribution is 0.603. The van der Waals surface area contributed by atoms with Crippen molar-refractivity contribution < 1.29 is 8.42 Å². The van der Waals surface area contributed by atoms with E-state index in [1.807, 2.05) is 19.2 Å². The monoisotopic (exact) mass is 311 g/mol. The third kappa shape index (κ3) is 3.78. The first-order chi connectivity index (χ1) is 9.51. The molecule has 0 unspecified atom stereocenters. The van der Waals surface area contributed by atoms with Gasteiger partial charge in [0.15, 0.2) is 0 Å². The molecule has 2 aromatic heterocycles. The molecule has 0 radical (unpaired) electrons. The lowest BCUT2D eigenvalue weighted by Gasteiger charge is -2.06. The van der Waals surface area contributed by atoms with Gasteiger partial charge in [-0.3, -0.25) is 9.71 Å². The fourth-order valence-electron chi connectivity index (χ4n) is 1.67. The van der Waals surface area contributed by atoms with Crippen LogP contribution in [0.15, 0.2) is 34.0 Å². The van der Waals surface area contributed by atoms with Gasteiger partial charge in [0.2, 0.25) is 0 Å². The van der Waals surface area contributed by atoms with E-state index in [2.05, 4.69) is 15.0 Å². The van der Waals surface area contributed by atoms with Crippen molar-refractivity contribution in [3.63, 3.8) is 0 Å². The Kier molecular flexibility index (Phi) is 4.74. The number of thiophene rings is 1. The highest BCUT2D eigenvalue weighted by atomic mass is 32.2. The minimum atomic E-state index is -3.52. The third-order valence-corrected chi connectivity index (χ3v) is 5.49. The second-order valence-electron chi connectivity index (χ2n) is 4.35. The number of anilines is 1. The molecule has 0 atom stereocenters. The predicted molar refractivity (Wildman–Crippen MR) is 81.5 cm³/mol. The van der Waals surface area contributed by atoms with Crippen LogP contribution in [-0.2, 0) is 16.6 Å². The molecule has 108 valence electrons. The molecule has 0 saturated carbocycles. The maximum absolute atomic E-state index is 12.3. The molecule has 0 aromatic carbocycles. The normalized spacial score (nSPS) is 11.5. The summed E-state index contributed by atoms with van der Waals surface area (Å²) in [6, 6.07) is 5.03. The Morgan fingerprint density at radius 1 is 1.35 bits per heavy atom. The molecule has 0 aliphatic heterocycles. The number of aryl methyl sites for hydroxylation is 1. The molecule has 2 aromatic rings. The molecule has 20 heavy (non-hydrogen) atoms. The van der Waals surface area contributed by atoms with Crippen LogP contribution < -0.4 is 10.0 Å². The summed E-state index contributed by atoms with van der Waals surface area (Å²) in [5.41, 5.74) is 2.27. The Hall–Kier alpha value is -1.44. The van der Waals surface area contributed by atoms with Gasteiger partial charge in [-0.15, -0.1) is 11.3 Å². The van der Waals surface area contributed by atoms with Crippen LogP contribution >= 0.6 is 11.3 Å². The van der Waals surface area contributed by atoms with E-state index in [-0.39, 0.29) is 0 Å². The van der Waals surface area contributed by atoms with Crippen molar-refractivity contribution >= 4 is 27.0 Å². The predicted octanol–water partition coefficient (Wildman–Crippen LogP) is 2.36. The van der Waals surface area contributed by atoms with Gasteiger partial charge in [0.25, 0.3) is 10.0 Å². The van der Waals surface area contributed by atoms with Gasteiger partial charge >= 0.3 is 0 Å². The fraction of sp³-hybridized carbons (Fsp3) is 0.308. The topological polar surface area (TPSA) is 71.1 Å². The third-order valence-electron chi connectivity index (χ3n) is 2.62. The highest BCUT2D eigenvalue weighted by Crippen LogP contribution is 2.23. The van der Waals surface area contributed by atoms with Crippen molar-refractivity contribution in [1.82, 2.24) is 10.3 Å². The zero-order valence-corrected chi connectivity index (χ0v) is 13.0. The van der Waals surface area contributed by atoms with Gasteiger partial charge < -0.3 is 5.32 Å². The number of sulfonamides is 1. The van der Waals surface area contributed by atoms with Gasteiger partial charge in [0.05, 0.1) is 5.69 Å². The lowest BCUT2D eigenvalue weighted by atomic mass is 10.3. The molecule has 2 heterocycles. The Balaban J connectivity index is 2.16. The molecule has 0 fully saturated rings. The van der Waals surface area contributed by atoms with Crippen molar-refractivity contribution in [2.24, 2.45) is 0 Å². The maximum Gasteiger partial charge on any atom is 0.271 e. The summed E-state index contributed by atoms with van der Waals surface area (Å²) in [6.45, 7) is 5.36. The Bertz CT molecular complexity index is 680. The molecule has 0 bridgehead atoms. The molecule has 0 spiro atoms. The van der Waals surface area contributed by atoms with E-state index in [1.165, 1.54) is 11.3 Å². The van der Waals surface area contributed by atoms with E-state index in [0.29, 0.717) is 16.4 Å². The number of rotatable bonds is 6. The average molecular weight is 311 g/mol. The van der Waals surface area contributed by atoms with E-state index < -0.39 is 10.0 Å². The maximum atomic E-state index is 12.3. The van der Waals surface area contributed by atoms with E-state index in [4.69, 9.17) is 0 Å². The van der Waals surface area contributed by atoms with Crippen molar-refractivity contribution in [3.05, 3.63) is 41.0 Å². The standard InChI is InChI=1S/C13H17N3O2S2/c1-3-14-8-11-7-13(19-9-11)20(17,18)16-12-4-5-15-10(2)6-12/h4-7,9,14H,3,8H2,1-2H3,(H,15,16). The summed E-state index contributed by atoms with van der Waals surface area (Å²) in [6.07, 6.45) is 1.58. The highest BCUT2D eigenvalue weighted by Gasteiger charge is 2.17. The summed E-state index contributed by atoms with van der Waals surface area (Å²) in [4.78, 5) is 4.04. The Morgan fingerprint density at radius 3 is 2.85 bits per heavy atom. The molecule has 0 aliphatic carbocycles. The number of aromatic nitrogens is 1. The SMILES string of the molecule is CCNCc1csc(S(=O)(=O)Nc2ccnc(C)c2)c1. The van der Waals surface area contributed by atoms with Gasteiger partial charge in [-0.2, -0.15) is 0 Å². The van der Waals surface area contributed by atoms with Crippen LogP contribution in [-0.4, -0.2) is 19.9 Å². The number of hydrogen-bond acceptors (Lipinski definition) is 5. The molecule has 2 N–H and O–H groups in total. The van der Waals surface area contributed by atoms with Crippen LogP contribution in [0.2, 0.25) is 0 Å². The summed E-state index contributed by atoms with van der Waals surface area (Å²) < 4.78 is 27.4. The van der Waals surface area contributed by atoms with Gasteiger partial charge in [-0.1, -0.05) is 6.92 Å². The summed E-state index contributed by atoms with van der Waals surface area (Å²) in [5.74, 6) is 0. The molecule has 5 nitrogen and oxygen atoms in total. The summed E-state index contributed by atoms with van der Waals surface area (Å²) >= 11 is 1.22. The molecule has 7 heteroatoms. The van der Waals surface area contributed by atoms with Crippen molar-refractivity contribution in [2.75, 3.05) is 11.3 Å². The molecule has 0 saturated heterocycles. The molecule has 0 aliphatic rings. The Labute approximate surface area is 123 Å². The Morgan fingerprint density at radius 2 is 2.15 bits per heavy atom. The van der Waals surface area contributed by atoms with Crippen LogP contribution in [0.3, 0.4) is 0 Å².